The second kappa shape index (κ2) is 3.81. The predicted molar refractivity (Wildman–Crippen MR) is 74.5 cm³/mol. The monoisotopic (exact) mass is 286 g/mol. The summed E-state index contributed by atoms with van der Waals surface area (Å²) in [5, 5.41) is 8.29. The Morgan fingerprint density at radius 2 is 2.14 bits per heavy atom. The van der Waals surface area contributed by atoms with E-state index in [1.807, 2.05) is 19.2 Å². The molecule has 4 rings (SSSR count). The molecule has 3 atom stereocenters. The largest absolute Gasteiger partial charge is 0.458 e. The number of nitrogens with zero attached hydrogens (tertiary/aromatic N) is 4. The second-order valence-corrected chi connectivity index (χ2v) is 6.84. The summed E-state index contributed by atoms with van der Waals surface area (Å²) in [5.74, 6) is 0.832. The molecular weight excluding hydrogens is 268 g/mol. The van der Waals surface area contributed by atoms with Crippen LogP contribution in [-0.4, -0.2) is 31.2 Å². The van der Waals surface area contributed by atoms with Crippen molar-refractivity contribution in [3.8, 4) is 0 Å². The fourth-order valence-corrected chi connectivity index (χ4v) is 3.98. The number of aromatic nitrogens is 4. The second-order valence-electron chi connectivity index (χ2n) is 6.84. The molecule has 3 heterocycles. The fourth-order valence-electron chi connectivity index (χ4n) is 3.98. The van der Waals surface area contributed by atoms with Crippen LogP contribution in [0.1, 0.15) is 45.4 Å². The summed E-state index contributed by atoms with van der Waals surface area (Å²) in [6.07, 6.45) is 5.39. The maximum Gasteiger partial charge on any atom is 0.317 e. The highest BCUT2D eigenvalue weighted by Crippen LogP contribution is 2.60. The van der Waals surface area contributed by atoms with Gasteiger partial charge < -0.3 is 4.74 Å². The molecule has 110 valence electrons. The van der Waals surface area contributed by atoms with Crippen molar-refractivity contribution in [1.29, 1.82) is 0 Å². The highest BCUT2D eigenvalue weighted by atomic mass is 16.6. The van der Waals surface area contributed by atoms with Crippen LogP contribution in [0.25, 0.3) is 5.78 Å². The molecule has 6 nitrogen and oxygen atoms in total. The first-order chi connectivity index (χ1) is 9.94. The number of carbonyl (C=O) groups excluding carboxylic acids is 1. The first-order valence-electron chi connectivity index (χ1n) is 7.32. The zero-order valence-corrected chi connectivity index (χ0v) is 12.4. The van der Waals surface area contributed by atoms with Crippen LogP contribution in [0.15, 0.2) is 18.5 Å². The Morgan fingerprint density at radius 3 is 2.95 bits per heavy atom. The Hall–Kier alpha value is -1.98. The molecule has 2 fully saturated rings. The van der Waals surface area contributed by atoms with Crippen LogP contribution in [0.3, 0.4) is 0 Å². The van der Waals surface area contributed by atoms with E-state index in [2.05, 4.69) is 29.0 Å². The molecule has 0 spiro atoms. The normalized spacial score (nSPS) is 34.1. The lowest BCUT2D eigenvalue weighted by atomic mass is 9.66. The standard InChI is InChI=1S/C15H18N4O2/c1-14(2)9-5-6-15(14,3)21-12(20)10(9)11-17-18-13-16-7-4-8-19(11)13/h4,7-10H,5-6H2,1-3H3/t9-,10+,15-/m1/s1. The van der Waals surface area contributed by atoms with Gasteiger partial charge in [-0.3, -0.25) is 9.20 Å². The van der Waals surface area contributed by atoms with Crippen molar-refractivity contribution in [3.63, 3.8) is 0 Å². The maximum absolute atomic E-state index is 12.6. The highest BCUT2D eigenvalue weighted by Gasteiger charge is 2.63. The molecule has 6 heteroatoms. The van der Waals surface area contributed by atoms with E-state index in [0.717, 1.165) is 12.8 Å². The summed E-state index contributed by atoms with van der Waals surface area (Å²) in [6, 6.07) is 1.82. The van der Waals surface area contributed by atoms with Gasteiger partial charge in [-0.15, -0.1) is 10.2 Å². The van der Waals surface area contributed by atoms with Crippen molar-refractivity contribution in [2.75, 3.05) is 0 Å². The Labute approximate surface area is 122 Å². The lowest BCUT2D eigenvalue weighted by Gasteiger charge is -2.47. The van der Waals surface area contributed by atoms with Crippen molar-refractivity contribution in [2.24, 2.45) is 11.3 Å². The van der Waals surface area contributed by atoms with Crippen LogP contribution >= 0.6 is 0 Å². The van der Waals surface area contributed by atoms with Crippen LogP contribution in [0.5, 0.6) is 0 Å². The molecule has 2 bridgehead atoms. The van der Waals surface area contributed by atoms with Crippen molar-refractivity contribution < 1.29 is 9.53 Å². The number of carbonyl (C=O) groups is 1. The molecule has 21 heavy (non-hydrogen) atoms. The molecule has 0 amide bonds. The molecule has 1 saturated carbocycles. The number of hydrogen-bond acceptors (Lipinski definition) is 5. The number of ether oxygens (including phenoxy) is 1. The van der Waals surface area contributed by atoms with E-state index < -0.39 is 0 Å². The van der Waals surface area contributed by atoms with Gasteiger partial charge in [0.05, 0.1) is 0 Å². The Kier molecular flexibility index (Phi) is 2.31. The van der Waals surface area contributed by atoms with Gasteiger partial charge >= 0.3 is 5.97 Å². The molecule has 1 aliphatic carbocycles. The van der Waals surface area contributed by atoms with Gasteiger partial charge in [0.1, 0.15) is 11.5 Å². The summed E-state index contributed by atoms with van der Waals surface area (Å²) in [7, 11) is 0. The van der Waals surface area contributed by atoms with Gasteiger partial charge in [-0.1, -0.05) is 13.8 Å². The Bertz CT molecular complexity index is 738. The molecule has 0 N–H and O–H groups in total. The van der Waals surface area contributed by atoms with Crippen LogP contribution < -0.4 is 0 Å². The lowest BCUT2D eigenvalue weighted by molar-refractivity contribution is -0.187. The molecule has 2 aromatic heterocycles. The van der Waals surface area contributed by atoms with E-state index >= 15 is 0 Å². The van der Waals surface area contributed by atoms with Crippen LogP contribution in [-0.2, 0) is 9.53 Å². The Balaban J connectivity index is 1.87. The number of rotatable bonds is 1. The van der Waals surface area contributed by atoms with Crippen molar-refractivity contribution in [3.05, 3.63) is 24.3 Å². The summed E-state index contributed by atoms with van der Waals surface area (Å²) in [4.78, 5) is 16.7. The van der Waals surface area contributed by atoms with Crippen LogP contribution in [0.2, 0.25) is 0 Å². The van der Waals surface area contributed by atoms with E-state index in [0.29, 0.717) is 11.6 Å². The molecule has 0 radical (unpaired) electrons. The molecule has 2 aliphatic rings. The van der Waals surface area contributed by atoms with E-state index in [1.165, 1.54) is 0 Å². The van der Waals surface area contributed by atoms with Crippen molar-refractivity contribution in [2.45, 2.75) is 45.1 Å². The lowest BCUT2D eigenvalue weighted by Crippen LogP contribution is -2.52. The summed E-state index contributed by atoms with van der Waals surface area (Å²) < 4.78 is 7.62. The quantitative estimate of drug-likeness (QED) is 0.749. The fraction of sp³-hybridized carbons (Fsp3) is 0.600. The van der Waals surface area contributed by atoms with E-state index in [4.69, 9.17) is 4.74 Å². The third kappa shape index (κ3) is 1.47. The topological polar surface area (TPSA) is 69.4 Å². The maximum atomic E-state index is 12.6. The third-order valence-corrected chi connectivity index (χ3v) is 5.70. The molecule has 2 aromatic rings. The average molecular weight is 286 g/mol. The highest BCUT2D eigenvalue weighted by molar-refractivity contribution is 5.80. The smallest absolute Gasteiger partial charge is 0.317 e. The first-order valence-corrected chi connectivity index (χ1v) is 7.32. The van der Waals surface area contributed by atoms with E-state index in [1.54, 1.807) is 10.6 Å². The van der Waals surface area contributed by atoms with Gasteiger partial charge in [-0.05, 0) is 31.7 Å². The minimum Gasteiger partial charge on any atom is -0.458 e. The zero-order chi connectivity index (χ0) is 14.8. The average Bonchev–Trinajstić information content (AvgIpc) is 2.89. The third-order valence-electron chi connectivity index (χ3n) is 5.70. The first kappa shape index (κ1) is 12.7. The number of esters is 1. The van der Waals surface area contributed by atoms with Gasteiger partial charge in [0.2, 0.25) is 0 Å². The molecule has 1 aliphatic heterocycles. The van der Waals surface area contributed by atoms with Gasteiger partial charge in [0.15, 0.2) is 5.82 Å². The number of fused-ring (bicyclic) bond motifs is 3. The van der Waals surface area contributed by atoms with Crippen molar-refractivity contribution in [1.82, 2.24) is 19.6 Å². The predicted octanol–water partition coefficient (Wildman–Crippen LogP) is 1.96. The van der Waals surface area contributed by atoms with Gasteiger partial charge in [-0.25, -0.2) is 4.98 Å². The van der Waals surface area contributed by atoms with Crippen LogP contribution in [0, 0.1) is 11.3 Å². The molecule has 1 saturated heterocycles. The van der Waals surface area contributed by atoms with Gasteiger partial charge in [0.25, 0.3) is 5.78 Å². The minimum atomic E-state index is -0.371. The summed E-state index contributed by atoms with van der Waals surface area (Å²) >= 11 is 0. The zero-order valence-electron chi connectivity index (χ0n) is 12.4. The van der Waals surface area contributed by atoms with Gasteiger partial charge in [0, 0.05) is 17.8 Å². The van der Waals surface area contributed by atoms with E-state index in [-0.39, 0.29) is 28.8 Å². The summed E-state index contributed by atoms with van der Waals surface area (Å²) in [5.41, 5.74) is -0.441. The van der Waals surface area contributed by atoms with Crippen molar-refractivity contribution >= 4 is 11.7 Å². The SMILES string of the molecule is CC1(C)[C@@H]2CC[C@@]1(C)OC(=O)[C@@H]2c1nnc2ncccn12. The number of hydrogen-bond donors (Lipinski definition) is 0. The van der Waals surface area contributed by atoms with E-state index in [9.17, 15) is 4.79 Å². The van der Waals surface area contributed by atoms with Gasteiger partial charge in [-0.2, -0.15) is 0 Å². The Morgan fingerprint density at radius 1 is 1.33 bits per heavy atom. The minimum absolute atomic E-state index is 0.0698. The molecule has 0 unspecified atom stereocenters. The molecular formula is C15H18N4O2. The molecule has 0 aromatic carbocycles. The summed E-state index contributed by atoms with van der Waals surface area (Å²) in [6.45, 7) is 6.42. The van der Waals surface area contributed by atoms with Crippen LogP contribution in [0.4, 0.5) is 0 Å².